The molecule has 3 aromatic carbocycles. The zero-order chi connectivity index (χ0) is 23.0. The van der Waals surface area contributed by atoms with E-state index in [9.17, 15) is 0 Å². The lowest BCUT2D eigenvalue weighted by molar-refractivity contribution is -0.904. The first-order valence-corrected chi connectivity index (χ1v) is 11.7. The summed E-state index contributed by atoms with van der Waals surface area (Å²) in [6, 6.07) is 26.2. The van der Waals surface area contributed by atoms with Crippen LogP contribution in [-0.4, -0.2) is 59.0 Å². The summed E-state index contributed by atoms with van der Waals surface area (Å²) in [6.45, 7) is 5.53. The van der Waals surface area contributed by atoms with Crippen LogP contribution in [0.5, 0.6) is 17.2 Å². The lowest BCUT2D eigenvalue weighted by Gasteiger charge is -2.38. The quantitative estimate of drug-likeness (QED) is 0.474. The Labute approximate surface area is 209 Å². The highest BCUT2D eigenvalue weighted by molar-refractivity contribution is 5.53. The van der Waals surface area contributed by atoms with Crippen LogP contribution in [0.2, 0.25) is 0 Å². The molecule has 1 saturated heterocycles. The van der Waals surface area contributed by atoms with Gasteiger partial charge in [0.2, 0.25) is 5.75 Å². The Bertz CT molecular complexity index is 944. The van der Waals surface area contributed by atoms with Crippen LogP contribution in [0.15, 0.2) is 72.8 Å². The summed E-state index contributed by atoms with van der Waals surface area (Å²) in [5.74, 6) is 2.10. The Morgan fingerprint density at radius 3 is 1.71 bits per heavy atom. The smallest absolute Gasteiger partial charge is 0.203 e. The SMILES string of the molecule is COc1cc(CC[NH+]2CCN(C(c3ccccc3)c3ccccc3)CC2)cc(OC)c1OC.[Cl-]. The summed E-state index contributed by atoms with van der Waals surface area (Å²) in [6.07, 6.45) is 0.979. The van der Waals surface area contributed by atoms with Crippen LogP contribution in [0, 0.1) is 0 Å². The highest BCUT2D eigenvalue weighted by atomic mass is 35.5. The molecule has 0 unspecified atom stereocenters. The van der Waals surface area contributed by atoms with E-state index >= 15 is 0 Å². The van der Waals surface area contributed by atoms with Crippen LogP contribution < -0.4 is 31.5 Å². The number of halogens is 1. The van der Waals surface area contributed by atoms with E-state index in [0.29, 0.717) is 11.8 Å². The van der Waals surface area contributed by atoms with Gasteiger partial charge in [0, 0.05) is 19.5 Å². The van der Waals surface area contributed by atoms with Crippen LogP contribution in [0.3, 0.4) is 0 Å². The minimum atomic E-state index is 0. The molecular weight excluding hydrogens is 448 g/mol. The predicted octanol–water partition coefficient (Wildman–Crippen LogP) is 0.249. The fourth-order valence-electron chi connectivity index (χ4n) is 4.83. The third-order valence-electron chi connectivity index (χ3n) is 6.59. The van der Waals surface area contributed by atoms with Gasteiger partial charge in [0.15, 0.2) is 11.5 Å². The number of benzene rings is 3. The highest BCUT2D eigenvalue weighted by Crippen LogP contribution is 2.38. The second-order valence-electron chi connectivity index (χ2n) is 8.54. The summed E-state index contributed by atoms with van der Waals surface area (Å²) in [7, 11) is 4.98. The van der Waals surface area contributed by atoms with Crippen LogP contribution in [0.4, 0.5) is 0 Å². The number of nitrogens with zero attached hydrogens (tertiary/aromatic N) is 1. The molecule has 182 valence electrons. The van der Waals surface area contributed by atoms with Gasteiger partial charge < -0.3 is 31.5 Å². The lowest BCUT2D eigenvalue weighted by Crippen LogP contribution is -3.15. The van der Waals surface area contributed by atoms with Crippen molar-refractivity contribution in [2.24, 2.45) is 0 Å². The fraction of sp³-hybridized carbons (Fsp3) is 0.357. The van der Waals surface area contributed by atoms with Crippen molar-refractivity contribution in [2.45, 2.75) is 12.5 Å². The van der Waals surface area contributed by atoms with Crippen molar-refractivity contribution in [1.29, 1.82) is 0 Å². The van der Waals surface area contributed by atoms with E-state index in [4.69, 9.17) is 14.2 Å². The van der Waals surface area contributed by atoms with Gasteiger partial charge in [0.25, 0.3) is 0 Å². The molecule has 1 aliphatic rings. The predicted molar refractivity (Wildman–Crippen MR) is 132 cm³/mol. The third-order valence-corrected chi connectivity index (χ3v) is 6.59. The largest absolute Gasteiger partial charge is 1.00 e. The number of hydrogen-bond donors (Lipinski definition) is 1. The third kappa shape index (κ3) is 6.03. The van der Waals surface area contributed by atoms with Crippen molar-refractivity contribution in [3.63, 3.8) is 0 Å². The molecule has 0 atom stereocenters. The van der Waals surface area contributed by atoms with Gasteiger partial charge in [-0.05, 0) is 28.8 Å². The van der Waals surface area contributed by atoms with E-state index < -0.39 is 0 Å². The van der Waals surface area contributed by atoms with E-state index in [0.717, 1.165) is 50.6 Å². The van der Waals surface area contributed by atoms with Gasteiger partial charge in [-0.25, -0.2) is 0 Å². The normalized spacial score (nSPS) is 14.5. The number of piperazine rings is 1. The summed E-state index contributed by atoms with van der Waals surface area (Å²) in [5, 5.41) is 0. The van der Waals surface area contributed by atoms with Gasteiger partial charge >= 0.3 is 0 Å². The van der Waals surface area contributed by atoms with Crippen molar-refractivity contribution in [2.75, 3.05) is 54.1 Å². The number of rotatable bonds is 9. The minimum Gasteiger partial charge on any atom is -1.00 e. The maximum atomic E-state index is 5.52. The van der Waals surface area contributed by atoms with Gasteiger partial charge in [0.05, 0.1) is 47.0 Å². The molecule has 0 saturated carbocycles. The van der Waals surface area contributed by atoms with Gasteiger partial charge in [-0.1, -0.05) is 60.7 Å². The minimum absolute atomic E-state index is 0. The van der Waals surface area contributed by atoms with Crippen LogP contribution in [-0.2, 0) is 6.42 Å². The first kappa shape index (κ1) is 25.9. The maximum Gasteiger partial charge on any atom is 0.203 e. The monoisotopic (exact) mass is 482 g/mol. The van der Waals surface area contributed by atoms with Crippen LogP contribution in [0.25, 0.3) is 0 Å². The molecule has 34 heavy (non-hydrogen) atoms. The van der Waals surface area contributed by atoms with Crippen molar-refractivity contribution in [3.05, 3.63) is 89.5 Å². The highest BCUT2D eigenvalue weighted by Gasteiger charge is 2.28. The van der Waals surface area contributed by atoms with Gasteiger partial charge in [-0.2, -0.15) is 0 Å². The Morgan fingerprint density at radius 2 is 1.26 bits per heavy atom. The number of hydrogen-bond acceptors (Lipinski definition) is 4. The average molecular weight is 483 g/mol. The molecule has 0 aromatic heterocycles. The molecule has 1 heterocycles. The molecule has 1 fully saturated rings. The topological polar surface area (TPSA) is 35.4 Å². The Morgan fingerprint density at radius 1 is 0.765 bits per heavy atom. The summed E-state index contributed by atoms with van der Waals surface area (Å²) < 4.78 is 16.5. The first-order valence-electron chi connectivity index (χ1n) is 11.7. The second-order valence-corrected chi connectivity index (χ2v) is 8.54. The molecule has 0 radical (unpaired) electrons. The molecule has 0 aliphatic carbocycles. The molecule has 0 bridgehead atoms. The molecule has 5 nitrogen and oxygen atoms in total. The van der Waals surface area contributed by atoms with E-state index in [1.54, 1.807) is 26.2 Å². The number of quaternary nitrogens is 1. The molecule has 1 N–H and O–H groups in total. The number of ether oxygens (including phenoxy) is 3. The summed E-state index contributed by atoms with van der Waals surface area (Å²) in [4.78, 5) is 4.27. The van der Waals surface area contributed by atoms with Gasteiger partial charge in [0.1, 0.15) is 0 Å². The summed E-state index contributed by atoms with van der Waals surface area (Å²) in [5.41, 5.74) is 3.94. The van der Waals surface area contributed by atoms with Gasteiger partial charge in [-0.15, -0.1) is 0 Å². The van der Waals surface area contributed by atoms with E-state index in [1.165, 1.54) is 16.7 Å². The van der Waals surface area contributed by atoms with Crippen LogP contribution in [0.1, 0.15) is 22.7 Å². The molecule has 4 rings (SSSR count). The molecule has 1 aliphatic heterocycles. The average Bonchev–Trinajstić information content (AvgIpc) is 2.89. The van der Waals surface area contributed by atoms with E-state index in [2.05, 4.69) is 77.7 Å². The van der Waals surface area contributed by atoms with Crippen molar-refractivity contribution >= 4 is 0 Å². The molecular formula is C28H35ClN2O3. The fourth-order valence-corrected chi connectivity index (χ4v) is 4.83. The van der Waals surface area contributed by atoms with Gasteiger partial charge in [-0.3, -0.25) is 4.90 Å². The second kappa shape index (κ2) is 12.7. The number of nitrogens with one attached hydrogen (secondary N) is 1. The number of methoxy groups -OCH3 is 3. The first-order chi connectivity index (χ1) is 16.2. The zero-order valence-corrected chi connectivity index (χ0v) is 21.1. The van der Waals surface area contributed by atoms with Crippen LogP contribution >= 0.6 is 0 Å². The standard InChI is InChI=1S/C28H34N2O3.ClH/c1-31-25-20-22(21-26(32-2)28(25)33-3)14-15-29-16-18-30(19-17-29)27(23-10-6-4-7-11-23)24-12-8-5-9-13-24;/h4-13,20-21,27H,14-19H2,1-3H3;1H. The van der Waals surface area contributed by atoms with Crippen molar-refractivity contribution < 1.29 is 31.5 Å². The maximum absolute atomic E-state index is 5.52. The van der Waals surface area contributed by atoms with Crippen molar-refractivity contribution in [1.82, 2.24) is 4.90 Å². The molecule has 0 spiro atoms. The van der Waals surface area contributed by atoms with Crippen molar-refractivity contribution in [3.8, 4) is 17.2 Å². The Hall–Kier alpha value is -2.73. The molecule has 6 heteroatoms. The lowest BCUT2D eigenvalue weighted by atomic mass is 9.96. The van der Waals surface area contributed by atoms with E-state index in [1.807, 2.05) is 0 Å². The molecule has 3 aromatic rings. The summed E-state index contributed by atoms with van der Waals surface area (Å²) >= 11 is 0. The molecule has 0 amide bonds. The zero-order valence-electron chi connectivity index (χ0n) is 20.3. The van der Waals surface area contributed by atoms with E-state index in [-0.39, 0.29) is 12.4 Å². The Balaban J connectivity index is 0.00000324. The Kier molecular flexibility index (Phi) is 9.63.